The summed E-state index contributed by atoms with van der Waals surface area (Å²) in [5.41, 5.74) is 3.72. The standard InChI is InChI=1S/C29H35N5O2/c1-22(2)36-26-14-10-23(11-15-26)27-8-6-9-28-31-29(32-34(27)28)30-24-12-16-25(17-13-24)35-21-7-20-33-18-4-3-5-19-33/h6,8-17,22H,3-5,7,18-21H2,1-2H3,(H,30,32). The van der Waals surface area contributed by atoms with Crippen molar-refractivity contribution in [2.24, 2.45) is 0 Å². The normalized spacial score (nSPS) is 14.3. The zero-order valence-corrected chi connectivity index (χ0v) is 21.2. The highest BCUT2D eigenvalue weighted by Gasteiger charge is 2.11. The van der Waals surface area contributed by atoms with E-state index < -0.39 is 0 Å². The van der Waals surface area contributed by atoms with Crippen LogP contribution >= 0.6 is 0 Å². The SMILES string of the molecule is CC(C)Oc1ccc(-c2cccc3nc(Nc4ccc(OCCCN5CCCCC5)cc4)nn23)cc1. The molecule has 3 heterocycles. The van der Waals surface area contributed by atoms with Crippen LogP contribution in [0.1, 0.15) is 39.5 Å². The van der Waals surface area contributed by atoms with Crippen molar-refractivity contribution in [1.82, 2.24) is 19.5 Å². The lowest BCUT2D eigenvalue weighted by Gasteiger charge is -2.26. The Labute approximate surface area is 213 Å². The van der Waals surface area contributed by atoms with E-state index in [0.29, 0.717) is 5.95 Å². The molecule has 36 heavy (non-hydrogen) atoms. The first kappa shape index (κ1) is 24.1. The molecule has 0 bridgehead atoms. The molecular formula is C29H35N5O2. The molecule has 0 spiro atoms. The Balaban J connectivity index is 1.20. The van der Waals surface area contributed by atoms with Gasteiger partial charge in [-0.2, -0.15) is 4.98 Å². The molecule has 1 aliphatic rings. The maximum atomic E-state index is 5.95. The second kappa shape index (κ2) is 11.4. The summed E-state index contributed by atoms with van der Waals surface area (Å²) in [4.78, 5) is 7.20. The van der Waals surface area contributed by atoms with Gasteiger partial charge < -0.3 is 19.7 Å². The highest BCUT2D eigenvalue weighted by molar-refractivity contribution is 5.65. The third kappa shape index (κ3) is 6.15. The van der Waals surface area contributed by atoms with E-state index in [9.17, 15) is 0 Å². The van der Waals surface area contributed by atoms with Gasteiger partial charge in [0.15, 0.2) is 5.65 Å². The number of hydrogen-bond acceptors (Lipinski definition) is 6. The van der Waals surface area contributed by atoms with E-state index in [1.54, 1.807) is 0 Å². The van der Waals surface area contributed by atoms with Crippen molar-refractivity contribution < 1.29 is 9.47 Å². The average molecular weight is 486 g/mol. The Bertz CT molecular complexity index is 1250. The number of rotatable bonds is 10. The Kier molecular flexibility index (Phi) is 7.67. The van der Waals surface area contributed by atoms with E-state index >= 15 is 0 Å². The summed E-state index contributed by atoms with van der Waals surface area (Å²) >= 11 is 0. The zero-order chi connectivity index (χ0) is 24.7. The van der Waals surface area contributed by atoms with Gasteiger partial charge in [-0.25, -0.2) is 4.52 Å². The van der Waals surface area contributed by atoms with Gasteiger partial charge in [0.1, 0.15) is 11.5 Å². The first-order valence-corrected chi connectivity index (χ1v) is 13.0. The van der Waals surface area contributed by atoms with Gasteiger partial charge in [-0.05, 0) is 107 Å². The van der Waals surface area contributed by atoms with E-state index in [1.165, 1.54) is 32.4 Å². The van der Waals surface area contributed by atoms with Crippen molar-refractivity contribution in [3.8, 4) is 22.8 Å². The Hall–Kier alpha value is -3.58. The molecule has 0 saturated carbocycles. The zero-order valence-electron chi connectivity index (χ0n) is 21.2. The third-order valence-corrected chi connectivity index (χ3v) is 6.33. The molecule has 1 fully saturated rings. The number of benzene rings is 2. The minimum Gasteiger partial charge on any atom is -0.494 e. The molecule has 7 heteroatoms. The van der Waals surface area contributed by atoms with Crippen molar-refractivity contribution >= 4 is 17.3 Å². The molecule has 188 valence electrons. The van der Waals surface area contributed by atoms with Crippen LogP contribution in [-0.4, -0.2) is 51.8 Å². The third-order valence-electron chi connectivity index (χ3n) is 6.33. The van der Waals surface area contributed by atoms with Crippen LogP contribution in [0.25, 0.3) is 16.9 Å². The summed E-state index contributed by atoms with van der Waals surface area (Å²) in [5.74, 6) is 2.29. The molecule has 1 N–H and O–H groups in total. The second-order valence-corrected chi connectivity index (χ2v) is 9.56. The molecule has 0 aliphatic carbocycles. The lowest BCUT2D eigenvalue weighted by atomic mass is 10.1. The maximum Gasteiger partial charge on any atom is 0.247 e. The Morgan fingerprint density at radius 3 is 2.39 bits per heavy atom. The lowest BCUT2D eigenvalue weighted by molar-refractivity contribution is 0.205. The van der Waals surface area contributed by atoms with E-state index in [-0.39, 0.29) is 6.10 Å². The van der Waals surface area contributed by atoms with Crippen LogP contribution in [0, 0.1) is 0 Å². The molecule has 0 amide bonds. The van der Waals surface area contributed by atoms with Crippen LogP contribution in [0.2, 0.25) is 0 Å². The van der Waals surface area contributed by atoms with Gasteiger partial charge >= 0.3 is 0 Å². The van der Waals surface area contributed by atoms with Crippen LogP contribution in [-0.2, 0) is 0 Å². The van der Waals surface area contributed by atoms with Gasteiger partial charge in [0, 0.05) is 17.8 Å². The number of nitrogens with zero attached hydrogens (tertiary/aromatic N) is 4. The lowest BCUT2D eigenvalue weighted by Crippen LogP contribution is -2.31. The van der Waals surface area contributed by atoms with Gasteiger partial charge in [0.25, 0.3) is 0 Å². The fourth-order valence-electron chi connectivity index (χ4n) is 4.58. The summed E-state index contributed by atoms with van der Waals surface area (Å²) in [6.45, 7) is 8.38. The summed E-state index contributed by atoms with van der Waals surface area (Å²) in [7, 11) is 0. The van der Waals surface area contributed by atoms with Gasteiger partial charge in [0.2, 0.25) is 5.95 Å². The van der Waals surface area contributed by atoms with Crippen molar-refractivity contribution in [3.05, 3.63) is 66.7 Å². The number of aromatic nitrogens is 3. The van der Waals surface area contributed by atoms with Crippen LogP contribution in [0.5, 0.6) is 11.5 Å². The van der Waals surface area contributed by atoms with Crippen LogP contribution < -0.4 is 14.8 Å². The van der Waals surface area contributed by atoms with Crippen LogP contribution in [0.3, 0.4) is 0 Å². The monoisotopic (exact) mass is 485 g/mol. The predicted molar refractivity (Wildman–Crippen MR) is 144 cm³/mol. The summed E-state index contributed by atoms with van der Waals surface area (Å²) in [5, 5.41) is 8.02. The number of piperidine rings is 1. The van der Waals surface area contributed by atoms with E-state index in [2.05, 4.69) is 15.2 Å². The molecule has 5 rings (SSSR count). The number of nitrogens with one attached hydrogen (secondary N) is 1. The second-order valence-electron chi connectivity index (χ2n) is 9.56. The molecule has 0 unspecified atom stereocenters. The first-order chi connectivity index (χ1) is 17.6. The summed E-state index contributed by atoms with van der Waals surface area (Å²) < 4.78 is 13.6. The first-order valence-electron chi connectivity index (χ1n) is 13.0. The Morgan fingerprint density at radius 2 is 1.64 bits per heavy atom. The fraction of sp³-hybridized carbons (Fsp3) is 0.379. The predicted octanol–water partition coefficient (Wildman–Crippen LogP) is 6.18. The molecule has 1 aliphatic heterocycles. The van der Waals surface area contributed by atoms with E-state index in [1.807, 2.05) is 85.1 Å². The molecule has 1 saturated heterocycles. The van der Waals surface area contributed by atoms with Crippen molar-refractivity contribution in [3.63, 3.8) is 0 Å². The summed E-state index contributed by atoms with van der Waals surface area (Å²) in [6.07, 6.45) is 5.24. The maximum absolute atomic E-state index is 5.95. The molecule has 0 atom stereocenters. The highest BCUT2D eigenvalue weighted by atomic mass is 16.5. The molecule has 0 radical (unpaired) electrons. The average Bonchev–Trinajstić information content (AvgIpc) is 3.31. The van der Waals surface area contributed by atoms with Gasteiger partial charge in [-0.1, -0.05) is 12.5 Å². The minimum absolute atomic E-state index is 0.147. The number of hydrogen-bond donors (Lipinski definition) is 1. The minimum atomic E-state index is 0.147. The number of pyridine rings is 1. The number of ether oxygens (including phenoxy) is 2. The highest BCUT2D eigenvalue weighted by Crippen LogP contribution is 2.25. The molecular weight excluding hydrogens is 450 g/mol. The van der Waals surface area contributed by atoms with Gasteiger partial charge in [-0.3, -0.25) is 0 Å². The molecule has 7 nitrogen and oxygen atoms in total. The van der Waals surface area contributed by atoms with Gasteiger partial charge in [0.05, 0.1) is 18.4 Å². The quantitative estimate of drug-likeness (QED) is 0.271. The Morgan fingerprint density at radius 1 is 0.889 bits per heavy atom. The van der Waals surface area contributed by atoms with Gasteiger partial charge in [-0.15, -0.1) is 5.10 Å². The fourth-order valence-corrected chi connectivity index (χ4v) is 4.58. The van der Waals surface area contributed by atoms with Crippen molar-refractivity contribution in [2.45, 2.75) is 45.6 Å². The number of fused-ring (bicyclic) bond motifs is 1. The van der Waals surface area contributed by atoms with E-state index in [4.69, 9.17) is 14.6 Å². The van der Waals surface area contributed by atoms with Crippen LogP contribution in [0.15, 0.2) is 66.7 Å². The van der Waals surface area contributed by atoms with Crippen molar-refractivity contribution in [1.29, 1.82) is 0 Å². The number of anilines is 2. The molecule has 2 aromatic carbocycles. The largest absolute Gasteiger partial charge is 0.494 e. The number of likely N-dealkylation sites (tertiary alicyclic amines) is 1. The van der Waals surface area contributed by atoms with E-state index in [0.717, 1.165) is 53.7 Å². The van der Waals surface area contributed by atoms with Crippen molar-refractivity contribution in [2.75, 3.05) is 31.6 Å². The molecule has 4 aromatic rings. The molecule has 2 aromatic heterocycles. The summed E-state index contributed by atoms with van der Waals surface area (Å²) in [6, 6.07) is 22.1. The smallest absolute Gasteiger partial charge is 0.247 e. The van der Waals surface area contributed by atoms with Crippen LogP contribution in [0.4, 0.5) is 11.6 Å². The topological polar surface area (TPSA) is 63.9 Å².